The van der Waals surface area contributed by atoms with E-state index in [1.807, 2.05) is 26.0 Å². The molecule has 0 radical (unpaired) electrons. The summed E-state index contributed by atoms with van der Waals surface area (Å²) in [6, 6.07) is 13.7. The van der Waals surface area contributed by atoms with Crippen molar-refractivity contribution in [1.29, 1.82) is 0 Å². The number of hydrogen-bond donors (Lipinski definition) is 4. The fourth-order valence-corrected chi connectivity index (χ4v) is 2.43. The number of anilines is 3. The number of hydrogen-bond acceptors (Lipinski definition) is 4. The average molecular weight is 368 g/mol. The van der Waals surface area contributed by atoms with Crippen molar-refractivity contribution >= 4 is 34.9 Å². The molecule has 0 heterocycles. The zero-order chi connectivity index (χ0) is 19.6. The van der Waals surface area contributed by atoms with Crippen LogP contribution in [0, 0.1) is 6.92 Å². The number of amides is 4. The van der Waals surface area contributed by atoms with Crippen LogP contribution < -0.4 is 21.3 Å². The van der Waals surface area contributed by atoms with E-state index in [2.05, 4.69) is 21.3 Å². The molecule has 4 N–H and O–H groups in total. The lowest BCUT2D eigenvalue weighted by Gasteiger charge is -2.14. The lowest BCUT2D eigenvalue weighted by atomic mass is 10.1. The zero-order valence-corrected chi connectivity index (χ0v) is 15.5. The van der Waals surface area contributed by atoms with Crippen LogP contribution in [0.15, 0.2) is 48.5 Å². The van der Waals surface area contributed by atoms with Gasteiger partial charge < -0.3 is 16.0 Å². The van der Waals surface area contributed by atoms with Crippen LogP contribution in [-0.4, -0.2) is 24.4 Å². The molecule has 0 atom stereocenters. The minimum atomic E-state index is -0.592. The standard InChI is InChI=1S/C20H24N4O3/c1-3-8-18(25)23-17-12-7-11-16(14(17)2)21-13-19(26)24-20(27)22-15-9-5-4-6-10-15/h4-7,9-12,21H,3,8,13H2,1-2H3,(H,23,25)(H2,22,24,26,27). The monoisotopic (exact) mass is 368 g/mol. The highest BCUT2D eigenvalue weighted by Gasteiger charge is 2.10. The summed E-state index contributed by atoms with van der Waals surface area (Å²) >= 11 is 0. The minimum absolute atomic E-state index is 0.0481. The number of para-hydroxylation sites is 1. The fourth-order valence-electron chi connectivity index (χ4n) is 2.43. The van der Waals surface area contributed by atoms with E-state index < -0.39 is 11.9 Å². The number of carbonyl (C=O) groups is 3. The molecule has 7 nitrogen and oxygen atoms in total. The first-order valence-electron chi connectivity index (χ1n) is 8.78. The summed E-state index contributed by atoms with van der Waals surface area (Å²) in [5.41, 5.74) is 2.83. The Morgan fingerprint density at radius 3 is 2.26 bits per heavy atom. The molecule has 0 saturated heterocycles. The van der Waals surface area contributed by atoms with Gasteiger partial charge in [0.05, 0.1) is 6.54 Å². The maximum absolute atomic E-state index is 12.0. The number of carbonyl (C=O) groups excluding carboxylic acids is 3. The van der Waals surface area contributed by atoms with E-state index in [1.165, 1.54) is 0 Å². The quantitative estimate of drug-likeness (QED) is 0.601. The van der Waals surface area contributed by atoms with Gasteiger partial charge in [-0.15, -0.1) is 0 Å². The Labute approximate surface area is 158 Å². The first kappa shape index (κ1) is 20.0. The third-order valence-corrected chi connectivity index (χ3v) is 3.81. The maximum Gasteiger partial charge on any atom is 0.325 e. The van der Waals surface area contributed by atoms with E-state index in [-0.39, 0.29) is 12.5 Å². The zero-order valence-electron chi connectivity index (χ0n) is 15.5. The second kappa shape index (κ2) is 9.96. The molecule has 0 aliphatic heterocycles. The Morgan fingerprint density at radius 2 is 1.56 bits per heavy atom. The van der Waals surface area contributed by atoms with Gasteiger partial charge in [0.2, 0.25) is 11.8 Å². The van der Waals surface area contributed by atoms with E-state index >= 15 is 0 Å². The van der Waals surface area contributed by atoms with Crippen LogP contribution in [0.1, 0.15) is 25.3 Å². The van der Waals surface area contributed by atoms with Crippen molar-refractivity contribution < 1.29 is 14.4 Å². The molecule has 2 aromatic rings. The first-order valence-corrected chi connectivity index (χ1v) is 8.78. The topological polar surface area (TPSA) is 99.3 Å². The molecule has 0 unspecified atom stereocenters. The smallest absolute Gasteiger partial charge is 0.325 e. The molecular formula is C20H24N4O3. The van der Waals surface area contributed by atoms with Crippen molar-refractivity contribution in [3.8, 4) is 0 Å². The second-order valence-electron chi connectivity index (χ2n) is 6.00. The van der Waals surface area contributed by atoms with Gasteiger partial charge in [0.25, 0.3) is 0 Å². The van der Waals surface area contributed by atoms with Gasteiger partial charge in [0.1, 0.15) is 0 Å². The number of imide groups is 1. The van der Waals surface area contributed by atoms with Gasteiger partial charge in [-0.2, -0.15) is 0 Å². The number of urea groups is 1. The van der Waals surface area contributed by atoms with Crippen molar-refractivity contribution in [2.45, 2.75) is 26.7 Å². The summed E-state index contributed by atoms with van der Waals surface area (Å²) in [5, 5.41) is 10.7. The van der Waals surface area contributed by atoms with Crippen molar-refractivity contribution in [3.63, 3.8) is 0 Å². The summed E-state index contributed by atoms with van der Waals surface area (Å²) in [6.07, 6.45) is 1.23. The largest absolute Gasteiger partial charge is 0.376 e. The van der Waals surface area contributed by atoms with Crippen LogP contribution in [0.4, 0.5) is 21.9 Å². The molecule has 4 amide bonds. The minimum Gasteiger partial charge on any atom is -0.376 e. The molecule has 0 bridgehead atoms. The summed E-state index contributed by atoms with van der Waals surface area (Å²) in [5.74, 6) is -0.517. The summed E-state index contributed by atoms with van der Waals surface area (Å²) in [4.78, 5) is 35.6. The third kappa shape index (κ3) is 6.47. The first-order chi connectivity index (χ1) is 13.0. The number of rotatable bonds is 7. The van der Waals surface area contributed by atoms with Gasteiger partial charge in [-0.3, -0.25) is 14.9 Å². The highest BCUT2D eigenvalue weighted by Crippen LogP contribution is 2.23. The molecule has 0 aliphatic rings. The Balaban J connectivity index is 1.87. The summed E-state index contributed by atoms with van der Waals surface area (Å²) in [7, 11) is 0. The van der Waals surface area contributed by atoms with Gasteiger partial charge in [0.15, 0.2) is 0 Å². The predicted molar refractivity (Wildman–Crippen MR) is 107 cm³/mol. The van der Waals surface area contributed by atoms with E-state index in [0.29, 0.717) is 23.5 Å². The average Bonchev–Trinajstić information content (AvgIpc) is 2.63. The predicted octanol–water partition coefficient (Wildman–Crippen LogP) is 3.49. The molecule has 7 heteroatoms. The van der Waals surface area contributed by atoms with E-state index in [4.69, 9.17) is 0 Å². The van der Waals surface area contributed by atoms with Gasteiger partial charge in [0, 0.05) is 23.5 Å². The highest BCUT2D eigenvalue weighted by atomic mass is 16.2. The molecule has 27 heavy (non-hydrogen) atoms. The molecular weight excluding hydrogens is 344 g/mol. The Hall–Kier alpha value is -3.35. The lowest BCUT2D eigenvalue weighted by molar-refractivity contribution is -0.118. The van der Waals surface area contributed by atoms with Crippen molar-refractivity contribution in [1.82, 2.24) is 5.32 Å². The molecule has 142 valence electrons. The molecule has 2 aromatic carbocycles. The van der Waals surface area contributed by atoms with Crippen LogP contribution in [0.3, 0.4) is 0 Å². The molecule has 0 aromatic heterocycles. The van der Waals surface area contributed by atoms with Crippen molar-refractivity contribution in [3.05, 3.63) is 54.1 Å². The molecule has 2 rings (SSSR count). The van der Waals surface area contributed by atoms with Crippen LogP contribution in [0.2, 0.25) is 0 Å². The number of benzene rings is 2. The van der Waals surface area contributed by atoms with Crippen LogP contribution >= 0.6 is 0 Å². The van der Waals surface area contributed by atoms with E-state index in [9.17, 15) is 14.4 Å². The fraction of sp³-hybridized carbons (Fsp3) is 0.250. The maximum atomic E-state index is 12.0. The van der Waals surface area contributed by atoms with Crippen LogP contribution in [-0.2, 0) is 9.59 Å². The summed E-state index contributed by atoms with van der Waals surface area (Å²) in [6.45, 7) is 3.72. The second-order valence-corrected chi connectivity index (χ2v) is 6.00. The molecule has 0 aliphatic carbocycles. The van der Waals surface area contributed by atoms with E-state index in [1.54, 1.807) is 36.4 Å². The lowest BCUT2D eigenvalue weighted by Crippen LogP contribution is -2.38. The Morgan fingerprint density at radius 1 is 0.852 bits per heavy atom. The van der Waals surface area contributed by atoms with Crippen molar-refractivity contribution in [2.24, 2.45) is 0 Å². The van der Waals surface area contributed by atoms with Crippen molar-refractivity contribution in [2.75, 3.05) is 22.5 Å². The van der Waals surface area contributed by atoms with Crippen LogP contribution in [0.5, 0.6) is 0 Å². The molecule has 0 fully saturated rings. The van der Waals surface area contributed by atoms with Gasteiger partial charge in [-0.05, 0) is 43.2 Å². The van der Waals surface area contributed by atoms with Gasteiger partial charge in [-0.25, -0.2) is 4.79 Å². The van der Waals surface area contributed by atoms with Gasteiger partial charge in [-0.1, -0.05) is 31.2 Å². The Kier molecular flexibility index (Phi) is 7.37. The number of nitrogens with one attached hydrogen (secondary N) is 4. The van der Waals surface area contributed by atoms with Gasteiger partial charge >= 0.3 is 6.03 Å². The van der Waals surface area contributed by atoms with Crippen LogP contribution in [0.25, 0.3) is 0 Å². The SMILES string of the molecule is CCCC(=O)Nc1cccc(NCC(=O)NC(=O)Nc2ccccc2)c1C. The Bertz CT molecular complexity index is 806. The normalized spacial score (nSPS) is 10.0. The highest BCUT2D eigenvalue weighted by molar-refractivity contribution is 6.02. The molecule has 0 saturated carbocycles. The molecule has 0 spiro atoms. The summed E-state index contributed by atoms with van der Waals surface area (Å²) < 4.78 is 0. The van der Waals surface area contributed by atoms with E-state index in [0.717, 1.165) is 12.0 Å². The third-order valence-electron chi connectivity index (χ3n) is 3.81.